The van der Waals surface area contributed by atoms with Crippen LogP contribution in [0.1, 0.15) is 36.8 Å². The number of carbonyl (C=O) groups is 2. The summed E-state index contributed by atoms with van der Waals surface area (Å²) < 4.78 is 13.2. The Kier molecular flexibility index (Phi) is 4.99. The molecule has 0 bridgehead atoms. The normalized spacial score (nSPS) is 11.4. The zero-order valence-electron chi connectivity index (χ0n) is 15.5. The van der Waals surface area contributed by atoms with E-state index in [1.807, 2.05) is 38.1 Å². The summed E-state index contributed by atoms with van der Waals surface area (Å²) >= 11 is 0. The van der Waals surface area contributed by atoms with Crippen LogP contribution in [0.15, 0.2) is 48.5 Å². The fourth-order valence-electron chi connectivity index (χ4n) is 3.01. The molecule has 27 heavy (non-hydrogen) atoms. The zero-order chi connectivity index (χ0) is 19.6. The summed E-state index contributed by atoms with van der Waals surface area (Å²) in [7, 11) is 0. The molecule has 0 unspecified atom stereocenters. The van der Waals surface area contributed by atoms with E-state index in [9.17, 15) is 14.0 Å². The number of nitrogens with one attached hydrogen (secondary N) is 3. The molecule has 0 aliphatic carbocycles. The van der Waals surface area contributed by atoms with Crippen LogP contribution in [0.4, 0.5) is 10.1 Å². The maximum Gasteiger partial charge on any atom is 0.269 e. The fraction of sp³-hybridized carbons (Fsp3) is 0.238. The van der Waals surface area contributed by atoms with Crippen molar-refractivity contribution >= 4 is 28.4 Å². The number of amides is 2. The largest absolute Gasteiger partial charge is 0.350 e. The molecule has 0 saturated carbocycles. The summed E-state index contributed by atoms with van der Waals surface area (Å²) in [6, 6.07) is 13.6. The zero-order valence-corrected chi connectivity index (χ0v) is 15.5. The first-order chi connectivity index (χ1) is 12.8. The lowest BCUT2D eigenvalue weighted by Crippen LogP contribution is -2.37. The van der Waals surface area contributed by atoms with Crippen LogP contribution < -0.4 is 10.6 Å². The highest BCUT2D eigenvalue weighted by Gasteiger charge is 2.24. The van der Waals surface area contributed by atoms with Crippen molar-refractivity contribution in [2.24, 2.45) is 0 Å². The molecule has 2 aromatic carbocycles. The Bertz CT molecular complexity index is 990. The van der Waals surface area contributed by atoms with Gasteiger partial charge >= 0.3 is 0 Å². The quantitative estimate of drug-likeness (QED) is 0.638. The predicted molar refractivity (Wildman–Crippen MR) is 104 cm³/mol. The maximum atomic E-state index is 13.2. The third-order valence-electron chi connectivity index (χ3n) is 4.55. The second-order valence-corrected chi connectivity index (χ2v) is 7.18. The summed E-state index contributed by atoms with van der Waals surface area (Å²) in [5.41, 5.74) is 2.08. The number of aromatic nitrogens is 1. The second-order valence-electron chi connectivity index (χ2n) is 7.18. The van der Waals surface area contributed by atoms with Crippen molar-refractivity contribution in [2.45, 2.75) is 26.2 Å². The summed E-state index contributed by atoms with van der Waals surface area (Å²) in [5, 5.41) is 6.43. The molecule has 6 heteroatoms. The van der Waals surface area contributed by atoms with E-state index in [1.54, 1.807) is 12.1 Å². The van der Waals surface area contributed by atoms with E-state index < -0.39 is 0 Å². The minimum Gasteiger partial charge on any atom is -0.350 e. The first kappa shape index (κ1) is 18.6. The third-order valence-corrected chi connectivity index (χ3v) is 4.55. The molecule has 0 saturated heterocycles. The molecule has 0 aliphatic heterocycles. The molecule has 0 fully saturated rings. The van der Waals surface area contributed by atoms with E-state index in [-0.39, 0.29) is 23.0 Å². The summed E-state index contributed by atoms with van der Waals surface area (Å²) in [4.78, 5) is 27.4. The molecule has 3 aromatic rings. The molecular formula is C21H22FN3O2. The average Bonchev–Trinajstić information content (AvgIpc) is 2.98. The number of carbonyl (C=O) groups excluding carboxylic acids is 2. The Morgan fingerprint density at radius 3 is 2.41 bits per heavy atom. The van der Waals surface area contributed by atoms with Crippen LogP contribution in [0.25, 0.3) is 10.9 Å². The van der Waals surface area contributed by atoms with Gasteiger partial charge in [0.15, 0.2) is 0 Å². The van der Waals surface area contributed by atoms with Crippen molar-refractivity contribution in [3.63, 3.8) is 0 Å². The number of anilines is 1. The molecule has 3 rings (SSSR count). The molecule has 3 N–H and O–H groups in total. The molecule has 0 aliphatic rings. The number of rotatable bonds is 5. The first-order valence-electron chi connectivity index (χ1n) is 8.70. The van der Waals surface area contributed by atoms with E-state index in [0.717, 1.165) is 16.5 Å². The van der Waals surface area contributed by atoms with Gasteiger partial charge in [-0.3, -0.25) is 9.59 Å². The minimum atomic E-state index is -0.385. The van der Waals surface area contributed by atoms with Crippen molar-refractivity contribution in [1.29, 1.82) is 0 Å². The van der Waals surface area contributed by atoms with Gasteiger partial charge in [-0.05, 0) is 23.8 Å². The first-order valence-corrected chi connectivity index (χ1v) is 8.70. The monoisotopic (exact) mass is 367 g/mol. The van der Waals surface area contributed by atoms with Crippen molar-refractivity contribution in [3.05, 3.63) is 65.6 Å². The molecule has 2 amide bonds. The predicted octanol–water partition coefficient (Wildman–Crippen LogP) is 3.97. The van der Waals surface area contributed by atoms with Gasteiger partial charge in [0.2, 0.25) is 5.91 Å². The summed E-state index contributed by atoms with van der Waals surface area (Å²) in [5.74, 6) is -0.859. The van der Waals surface area contributed by atoms with E-state index in [2.05, 4.69) is 15.6 Å². The molecule has 0 spiro atoms. The third kappa shape index (κ3) is 4.00. The van der Waals surface area contributed by atoms with Crippen LogP contribution in [-0.4, -0.2) is 23.3 Å². The number of aromatic amines is 1. The number of halogens is 1. The van der Waals surface area contributed by atoms with Crippen LogP contribution in [0.5, 0.6) is 0 Å². The number of hydrogen-bond acceptors (Lipinski definition) is 2. The van der Waals surface area contributed by atoms with Crippen LogP contribution in [0.2, 0.25) is 0 Å². The molecule has 0 radical (unpaired) electrons. The minimum absolute atomic E-state index is 0.250. The van der Waals surface area contributed by atoms with Crippen LogP contribution in [0, 0.1) is 5.82 Å². The van der Waals surface area contributed by atoms with Crippen LogP contribution in [0.3, 0.4) is 0 Å². The van der Waals surface area contributed by atoms with Gasteiger partial charge in [-0.1, -0.05) is 44.2 Å². The van der Waals surface area contributed by atoms with Gasteiger partial charge in [0.05, 0.1) is 5.69 Å². The molecular weight excluding hydrogens is 345 g/mol. The van der Waals surface area contributed by atoms with Gasteiger partial charge < -0.3 is 15.6 Å². The smallest absolute Gasteiger partial charge is 0.269 e. The Morgan fingerprint density at radius 1 is 1.07 bits per heavy atom. The molecule has 1 aromatic heterocycles. The number of hydrogen-bond donors (Lipinski definition) is 3. The van der Waals surface area contributed by atoms with E-state index in [0.29, 0.717) is 17.9 Å². The summed E-state index contributed by atoms with van der Waals surface area (Å²) in [6.07, 6.45) is 0. The number of para-hydroxylation sites is 1. The SMILES string of the molecule is CC(=O)Nc1c(C(=O)NCC(C)(C)c2ccc(F)cc2)[nH]c2ccccc12. The lowest BCUT2D eigenvalue weighted by molar-refractivity contribution is -0.114. The lowest BCUT2D eigenvalue weighted by atomic mass is 9.84. The molecule has 0 atom stereocenters. The van der Waals surface area contributed by atoms with E-state index >= 15 is 0 Å². The molecule has 140 valence electrons. The summed E-state index contributed by atoms with van der Waals surface area (Å²) in [6.45, 7) is 5.70. The van der Waals surface area contributed by atoms with Gasteiger partial charge in [0.1, 0.15) is 11.5 Å². The van der Waals surface area contributed by atoms with Crippen molar-refractivity contribution < 1.29 is 14.0 Å². The van der Waals surface area contributed by atoms with Crippen LogP contribution >= 0.6 is 0 Å². The Balaban J connectivity index is 1.83. The number of benzene rings is 2. The Labute approximate surface area is 157 Å². The molecule has 5 nitrogen and oxygen atoms in total. The van der Waals surface area contributed by atoms with Gasteiger partial charge in [-0.2, -0.15) is 0 Å². The average molecular weight is 367 g/mol. The van der Waals surface area contributed by atoms with Crippen LogP contribution in [-0.2, 0) is 10.2 Å². The topological polar surface area (TPSA) is 74.0 Å². The Hall–Kier alpha value is -3.15. The Morgan fingerprint density at radius 2 is 1.74 bits per heavy atom. The highest BCUT2D eigenvalue weighted by molar-refractivity contribution is 6.12. The van der Waals surface area contributed by atoms with Crippen molar-refractivity contribution in [2.75, 3.05) is 11.9 Å². The maximum absolute atomic E-state index is 13.2. The fourth-order valence-corrected chi connectivity index (χ4v) is 3.01. The van der Waals surface area contributed by atoms with Gasteiger partial charge in [0, 0.05) is 29.8 Å². The highest BCUT2D eigenvalue weighted by Crippen LogP contribution is 2.28. The molecule has 1 heterocycles. The lowest BCUT2D eigenvalue weighted by Gasteiger charge is -2.25. The second kappa shape index (κ2) is 7.23. The van der Waals surface area contributed by atoms with Crippen molar-refractivity contribution in [1.82, 2.24) is 10.3 Å². The van der Waals surface area contributed by atoms with Gasteiger partial charge in [-0.15, -0.1) is 0 Å². The van der Waals surface area contributed by atoms with Gasteiger partial charge in [0.25, 0.3) is 5.91 Å². The standard InChI is InChI=1S/C21H22FN3O2/c1-13(26)24-18-16-6-4-5-7-17(16)25-19(18)20(27)23-12-21(2,3)14-8-10-15(22)11-9-14/h4-11,25H,12H2,1-3H3,(H,23,27)(H,24,26). The van der Waals surface area contributed by atoms with E-state index in [1.165, 1.54) is 19.1 Å². The van der Waals surface area contributed by atoms with E-state index in [4.69, 9.17) is 0 Å². The van der Waals surface area contributed by atoms with Crippen molar-refractivity contribution in [3.8, 4) is 0 Å². The number of H-pyrrole nitrogens is 1. The number of fused-ring (bicyclic) bond motifs is 1. The van der Waals surface area contributed by atoms with Gasteiger partial charge in [-0.25, -0.2) is 4.39 Å². The highest BCUT2D eigenvalue weighted by atomic mass is 19.1.